The van der Waals surface area contributed by atoms with E-state index >= 15 is 0 Å². The van der Waals surface area contributed by atoms with Crippen LogP contribution < -0.4 is 11.1 Å². The minimum Gasteiger partial charge on any atom is -0.326 e. The molecule has 0 fully saturated rings. The van der Waals surface area contributed by atoms with Gasteiger partial charge in [0.15, 0.2) is 9.84 Å². The Hall–Kier alpha value is -1.40. The maximum atomic E-state index is 11.7. The third-order valence-electron chi connectivity index (χ3n) is 2.67. The Balaban J connectivity index is 2.56. The van der Waals surface area contributed by atoms with E-state index in [1.165, 1.54) is 0 Å². The number of sulfone groups is 1. The molecule has 0 aliphatic heterocycles. The molecule has 0 aliphatic carbocycles. The zero-order chi connectivity index (χ0) is 14.3. The van der Waals surface area contributed by atoms with Crippen molar-refractivity contribution < 1.29 is 13.2 Å². The molecule has 1 aromatic rings. The molecule has 0 spiro atoms. The average Bonchev–Trinajstić information content (AvgIpc) is 2.37. The first kappa shape index (κ1) is 15.7. The minimum absolute atomic E-state index is 0.0265. The number of nitrogens with one attached hydrogen (secondary N) is 1. The average molecular weight is 284 g/mol. The second-order valence-electron chi connectivity index (χ2n) is 4.31. The smallest absolute Gasteiger partial charge is 0.225 e. The molecule has 0 bridgehead atoms. The number of anilines is 1. The molecule has 1 rings (SSSR count). The van der Waals surface area contributed by atoms with E-state index in [0.29, 0.717) is 18.7 Å². The highest BCUT2D eigenvalue weighted by atomic mass is 32.2. The van der Waals surface area contributed by atoms with Crippen LogP contribution >= 0.6 is 0 Å². The van der Waals surface area contributed by atoms with Gasteiger partial charge in [0.2, 0.25) is 5.91 Å². The Morgan fingerprint density at radius 3 is 2.58 bits per heavy atom. The molecule has 1 amide bonds. The van der Waals surface area contributed by atoms with Gasteiger partial charge >= 0.3 is 0 Å². The summed E-state index contributed by atoms with van der Waals surface area (Å²) in [4.78, 5) is 11.7. The summed E-state index contributed by atoms with van der Waals surface area (Å²) in [6, 6.07) is 7.20. The largest absolute Gasteiger partial charge is 0.326 e. The number of rotatable bonds is 7. The fourth-order valence-corrected chi connectivity index (χ4v) is 3.02. The second kappa shape index (κ2) is 7.25. The van der Waals surface area contributed by atoms with Gasteiger partial charge < -0.3 is 11.1 Å². The predicted molar refractivity (Wildman–Crippen MR) is 76.5 cm³/mol. The SMILES string of the molecule is CCCS(=O)(=O)CCC(=O)Nc1ccccc1CN. The Bertz CT molecular complexity index is 526. The van der Waals surface area contributed by atoms with Crippen molar-refractivity contribution in [2.75, 3.05) is 16.8 Å². The predicted octanol–water partition coefficient (Wildman–Crippen LogP) is 1.30. The highest BCUT2D eigenvalue weighted by Crippen LogP contribution is 2.14. The molecule has 0 aliphatic rings. The van der Waals surface area contributed by atoms with Crippen molar-refractivity contribution in [3.8, 4) is 0 Å². The van der Waals surface area contributed by atoms with Crippen LogP contribution in [0.2, 0.25) is 0 Å². The zero-order valence-corrected chi connectivity index (χ0v) is 11.9. The molecule has 0 radical (unpaired) electrons. The van der Waals surface area contributed by atoms with E-state index in [0.717, 1.165) is 5.56 Å². The molecule has 0 saturated carbocycles. The van der Waals surface area contributed by atoms with E-state index in [2.05, 4.69) is 5.32 Å². The Morgan fingerprint density at radius 2 is 1.95 bits per heavy atom. The van der Waals surface area contributed by atoms with Gasteiger partial charge in [-0.25, -0.2) is 8.42 Å². The van der Waals surface area contributed by atoms with Gasteiger partial charge in [-0.15, -0.1) is 0 Å². The lowest BCUT2D eigenvalue weighted by molar-refractivity contribution is -0.115. The summed E-state index contributed by atoms with van der Waals surface area (Å²) in [5.41, 5.74) is 7.03. The van der Waals surface area contributed by atoms with E-state index in [1.807, 2.05) is 12.1 Å². The van der Waals surface area contributed by atoms with Crippen molar-refractivity contribution in [3.63, 3.8) is 0 Å². The second-order valence-corrected chi connectivity index (χ2v) is 6.61. The number of hydrogen-bond donors (Lipinski definition) is 2. The number of hydrogen-bond acceptors (Lipinski definition) is 4. The van der Waals surface area contributed by atoms with Gasteiger partial charge in [-0.05, 0) is 18.1 Å². The molecule has 0 atom stereocenters. The van der Waals surface area contributed by atoms with Gasteiger partial charge in [0, 0.05) is 24.4 Å². The summed E-state index contributed by atoms with van der Waals surface area (Å²) >= 11 is 0. The monoisotopic (exact) mass is 284 g/mol. The third-order valence-corrected chi connectivity index (χ3v) is 4.52. The van der Waals surface area contributed by atoms with Crippen LogP contribution in [0.4, 0.5) is 5.69 Å². The number of para-hydroxylation sites is 1. The molecular formula is C13H20N2O3S. The van der Waals surface area contributed by atoms with Crippen molar-refractivity contribution in [3.05, 3.63) is 29.8 Å². The van der Waals surface area contributed by atoms with Crippen molar-refractivity contribution >= 4 is 21.4 Å². The number of amides is 1. The zero-order valence-electron chi connectivity index (χ0n) is 11.1. The summed E-state index contributed by atoms with van der Waals surface area (Å²) in [6.45, 7) is 2.12. The summed E-state index contributed by atoms with van der Waals surface area (Å²) < 4.78 is 23.0. The van der Waals surface area contributed by atoms with Gasteiger partial charge in [-0.2, -0.15) is 0 Å². The quantitative estimate of drug-likeness (QED) is 0.789. The van der Waals surface area contributed by atoms with Crippen LogP contribution in [0.25, 0.3) is 0 Å². The molecule has 0 heterocycles. The molecular weight excluding hydrogens is 264 g/mol. The van der Waals surface area contributed by atoms with Crippen LogP contribution in [0.1, 0.15) is 25.3 Å². The molecule has 6 heteroatoms. The molecule has 106 valence electrons. The molecule has 3 N–H and O–H groups in total. The Kier molecular flexibility index (Phi) is 5.98. The first-order valence-corrected chi connectivity index (χ1v) is 8.09. The van der Waals surface area contributed by atoms with Crippen LogP contribution in [0, 0.1) is 0 Å². The normalized spacial score (nSPS) is 11.3. The standard InChI is InChI=1S/C13H20N2O3S/c1-2-8-19(17,18)9-7-13(16)15-12-6-4-3-5-11(12)10-14/h3-6H,2,7-10,14H2,1H3,(H,15,16). The molecule has 0 saturated heterocycles. The van der Waals surface area contributed by atoms with E-state index in [-0.39, 0.29) is 23.8 Å². The van der Waals surface area contributed by atoms with E-state index in [1.54, 1.807) is 19.1 Å². The van der Waals surface area contributed by atoms with Crippen molar-refractivity contribution in [2.24, 2.45) is 5.73 Å². The van der Waals surface area contributed by atoms with Gasteiger partial charge in [0.05, 0.1) is 5.75 Å². The third kappa shape index (κ3) is 5.40. The lowest BCUT2D eigenvalue weighted by atomic mass is 10.2. The fourth-order valence-electron chi connectivity index (χ4n) is 1.69. The lowest BCUT2D eigenvalue weighted by Crippen LogP contribution is -2.19. The lowest BCUT2D eigenvalue weighted by Gasteiger charge is -2.09. The van der Waals surface area contributed by atoms with Gasteiger partial charge in [0.1, 0.15) is 0 Å². The maximum Gasteiger partial charge on any atom is 0.225 e. The van der Waals surface area contributed by atoms with Crippen molar-refractivity contribution in [2.45, 2.75) is 26.3 Å². The minimum atomic E-state index is -3.12. The van der Waals surface area contributed by atoms with E-state index in [4.69, 9.17) is 5.73 Å². The highest BCUT2D eigenvalue weighted by Gasteiger charge is 2.13. The molecule has 0 aromatic heterocycles. The Morgan fingerprint density at radius 1 is 1.26 bits per heavy atom. The molecule has 19 heavy (non-hydrogen) atoms. The number of benzene rings is 1. The Labute approximate surface area is 114 Å². The first-order valence-electron chi connectivity index (χ1n) is 6.26. The van der Waals surface area contributed by atoms with Gasteiger partial charge in [-0.1, -0.05) is 25.1 Å². The highest BCUT2D eigenvalue weighted by molar-refractivity contribution is 7.91. The fraction of sp³-hybridized carbons (Fsp3) is 0.462. The number of carbonyl (C=O) groups excluding carboxylic acids is 1. The van der Waals surface area contributed by atoms with Crippen molar-refractivity contribution in [1.82, 2.24) is 0 Å². The van der Waals surface area contributed by atoms with E-state index < -0.39 is 9.84 Å². The summed E-state index contributed by atoms with van der Waals surface area (Å²) in [5.74, 6) is -0.294. The van der Waals surface area contributed by atoms with Crippen LogP contribution in [-0.4, -0.2) is 25.8 Å². The van der Waals surface area contributed by atoms with Gasteiger partial charge in [-0.3, -0.25) is 4.79 Å². The van der Waals surface area contributed by atoms with Crippen LogP contribution in [0.15, 0.2) is 24.3 Å². The maximum absolute atomic E-state index is 11.7. The molecule has 5 nitrogen and oxygen atoms in total. The summed E-state index contributed by atoms with van der Waals surface area (Å²) in [7, 11) is -3.12. The van der Waals surface area contributed by atoms with Crippen molar-refractivity contribution in [1.29, 1.82) is 0 Å². The number of carbonyl (C=O) groups is 1. The van der Waals surface area contributed by atoms with E-state index in [9.17, 15) is 13.2 Å². The summed E-state index contributed by atoms with van der Waals surface area (Å²) in [6.07, 6.45) is 0.543. The van der Waals surface area contributed by atoms with Crippen LogP contribution in [-0.2, 0) is 21.2 Å². The first-order chi connectivity index (χ1) is 8.98. The summed E-state index contributed by atoms with van der Waals surface area (Å²) in [5, 5.41) is 2.69. The topological polar surface area (TPSA) is 89.3 Å². The number of nitrogens with two attached hydrogens (primary N) is 1. The van der Waals surface area contributed by atoms with Gasteiger partial charge in [0.25, 0.3) is 0 Å². The molecule has 0 unspecified atom stereocenters. The van der Waals surface area contributed by atoms with Crippen LogP contribution in [0.3, 0.4) is 0 Å². The molecule has 1 aromatic carbocycles. The van der Waals surface area contributed by atoms with Crippen LogP contribution in [0.5, 0.6) is 0 Å².